The zero-order valence-corrected chi connectivity index (χ0v) is 14.1. The van der Waals surface area contributed by atoms with E-state index in [0.717, 1.165) is 28.7 Å². The number of rotatable bonds is 6. The number of halogens is 3. The molecule has 2 rings (SSSR count). The minimum atomic E-state index is -4.41. The van der Waals surface area contributed by atoms with Gasteiger partial charge in [0.2, 0.25) is 5.91 Å². The van der Waals surface area contributed by atoms with Crippen molar-refractivity contribution >= 4 is 17.7 Å². The first-order valence-corrected chi connectivity index (χ1v) is 8.23. The van der Waals surface area contributed by atoms with Gasteiger partial charge in [-0.3, -0.25) is 4.79 Å². The van der Waals surface area contributed by atoms with E-state index in [-0.39, 0.29) is 0 Å². The molecule has 4 nitrogen and oxygen atoms in total. The summed E-state index contributed by atoms with van der Waals surface area (Å²) in [6.45, 7) is 2.10. The second kappa shape index (κ2) is 7.74. The molecule has 1 heterocycles. The van der Waals surface area contributed by atoms with Gasteiger partial charge in [0.25, 0.3) is 0 Å². The lowest BCUT2D eigenvalue weighted by Crippen LogP contribution is -2.38. The van der Waals surface area contributed by atoms with Crippen LogP contribution in [0.15, 0.2) is 35.5 Å². The van der Waals surface area contributed by atoms with Crippen LogP contribution in [-0.2, 0) is 11.2 Å². The molecule has 0 bridgehead atoms. The van der Waals surface area contributed by atoms with Gasteiger partial charge in [-0.2, -0.15) is 13.2 Å². The summed E-state index contributed by atoms with van der Waals surface area (Å²) in [4.78, 5) is 19.2. The maximum absolute atomic E-state index is 12.1. The average Bonchev–Trinajstić information content (AvgIpc) is 2.84. The molecule has 0 aliphatic carbocycles. The molecule has 24 heavy (non-hydrogen) atoms. The molecule has 0 radical (unpaired) electrons. The lowest BCUT2D eigenvalue weighted by Gasteiger charge is -2.12. The quantitative estimate of drug-likeness (QED) is 0.779. The minimum absolute atomic E-state index is 0.521. The number of aromatic nitrogens is 2. The van der Waals surface area contributed by atoms with E-state index < -0.39 is 23.9 Å². The monoisotopic (exact) mass is 357 g/mol. The molecule has 1 amide bonds. The third kappa shape index (κ3) is 5.59. The zero-order valence-electron chi connectivity index (χ0n) is 13.3. The van der Waals surface area contributed by atoms with Crippen LogP contribution >= 0.6 is 11.8 Å². The highest BCUT2D eigenvalue weighted by atomic mass is 32.2. The molecule has 0 aliphatic rings. The predicted molar refractivity (Wildman–Crippen MR) is 87.0 cm³/mol. The van der Waals surface area contributed by atoms with Gasteiger partial charge in [0.15, 0.2) is 5.16 Å². The van der Waals surface area contributed by atoms with Gasteiger partial charge < -0.3 is 10.3 Å². The number of hydrogen-bond donors (Lipinski definition) is 2. The smallest absolute Gasteiger partial charge is 0.346 e. The van der Waals surface area contributed by atoms with Crippen molar-refractivity contribution in [2.24, 2.45) is 0 Å². The molecule has 1 aromatic carbocycles. The SMILES string of the molecule is Cc1[nH]c(SC(C)C(=O)NCC(F)(F)F)nc1Cc1ccccc1. The highest BCUT2D eigenvalue weighted by molar-refractivity contribution is 8.00. The molecule has 130 valence electrons. The van der Waals surface area contributed by atoms with Gasteiger partial charge in [0.05, 0.1) is 10.9 Å². The van der Waals surface area contributed by atoms with E-state index in [1.807, 2.05) is 42.6 Å². The van der Waals surface area contributed by atoms with Gasteiger partial charge in [0.1, 0.15) is 6.54 Å². The molecule has 0 spiro atoms. The molecule has 0 fully saturated rings. The van der Waals surface area contributed by atoms with Crippen LogP contribution in [-0.4, -0.2) is 33.8 Å². The number of H-pyrrole nitrogens is 1. The molecule has 2 N–H and O–H groups in total. The molecular weight excluding hydrogens is 339 g/mol. The highest BCUT2D eigenvalue weighted by Crippen LogP contribution is 2.23. The zero-order chi connectivity index (χ0) is 17.7. The summed E-state index contributed by atoms with van der Waals surface area (Å²) in [7, 11) is 0. The molecule has 8 heteroatoms. The Kier molecular flexibility index (Phi) is 5.93. The summed E-state index contributed by atoms with van der Waals surface area (Å²) < 4.78 is 36.4. The number of alkyl halides is 3. The average molecular weight is 357 g/mol. The fourth-order valence-corrected chi connectivity index (χ4v) is 2.94. The Balaban J connectivity index is 1.95. The van der Waals surface area contributed by atoms with Crippen LogP contribution in [0.3, 0.4) is 0 Å². The van der Waals surface area contributed by atoms with Gasteiger partial charge in [-0.15, -0.1) is 0 Å². The van der Waals surface area contributed by atoms with Crippen molar-refractivity contribution < 1.29 is 18.0 Å². The second-order valence-corrected chi connectivity index (χ2v) is 6.70. The number of thioether (sulfide) groups is 1. The minimum Gasteiger partial charge on any atom is -0.346 e. The topological polar surface area (TPSA) is 57.8 Å². The fourth-order valence-electron chi connectivity index (χ4n) is 2.04. The Labute approximate surface area is 142 Å². The molecule has 0 saturated heterocycles. The van der Waals surface area contributed by atoms with Gasteiger partial charge in [-0.05, 0) is 19.4 Å². The number of benzene rings is 1. The fraction of sp³-hybridized carbons (Fsp3) is 0.375. The van der Waals surface area contributed by atoms with Crippen LogP contribution in [0, 0.1) is 6.92 Å². The number of nitrogens with zero attached hydrogens (tertiary/aromatic N) is 1. The molecule has 1 aromatic heterocycles. The van der Waals surface area contributed by atoms with E-state index in [1.54, 1.807) is 6.92 Å². The summed E-state index contributed by atoms with van der Waals surface area (Å²) in [5, 5.41) is 1.72. The first-order chi connectivity index (χ1) is 11.2. The van der Waals surface area contributed by atoms with Crippen molar-refractivity contribution in [3.05, 3.63) is 47.3 Å². The van der Waals surface area contributed by atoms with E-state index in [4.69, 9.17) is 0 Å². The maximum atomic E-state index is 12.1. The number of aryl methyl sites for hydroxylation is 1. The molecule has 0 saturated carbocycles. The van der Waals surface area contributed by atoms with Gasteiger partial charge in [-0.25, -0.2) is 4.98 Å². The summed E-state index contributed by atoms with van der Waals surface area (Å²) in [5.74, 6) is -0.670. The van der Waals surface area contributed by atoms with E-state index in [0.29, 0.717) is 11.6 Å². The largest absolute Gasteiger partial charge is 0.405 e. The number of hydrogen-bond acceptors (Lipinski definition) is 3. The van der Waals surface area contributed by atoms with E-state index >= 15 is 0 Å². The summed E-state index contributed by atoms with van der Waals surface area (Å²) in [6, 6.07) is 9.81. The van der Waals surface area contributed by atoms with Crippen molar-refractivity contribution in [1.82, 2.24) is 15.3 Å². The Morgan fingerprint density at radius 2 is 2.00 bits per heavy atom. The third-order valence-corrected chi connectivity index (χ3v) is 4.28. The van der Waals surface area contributed by atoms with E-state index in [9.17, 15) is 18.0 Å². The molecular formula is C16H18F3N3OS. The van der Waals surface area contributed by atoms with Crippen molar-refractivity contribution in [2.75, 3.05) is 6.54 Å². The van der Waals surface area contributed by atoms with Crippen LogP contribution in [0.25, 0.3) is 0 Å². The molecule has 1 unspecified atom stereocenters. The first kappa shape index (κ1) is 18.4. The lowest BCUT2D eigenvalue weighted by molar-refractivity contribution is -0.137. The van der Waals surface area contributed by atoms with Crippen LogP contribution in [0.5, 0.6) is 0 Å². The number of imidazole rings is 1. The van der Waals surface area contributed by atoms with Crippen molar-refractivity contribution in [3.63, 3.8) is 0 Å². The summed E-state index contributed by atoms with van der Waals surface area (Å²) in [5.41, 5.74) is 2.84. The van der Waals surface area contributed by atoms with Gasteiger partial charge >= 0.3 is 6.18 Å². The summed E-state index contributed by atoms with van der Waals surface area (Å²) >= 11 is 1.10. The van der Waals surface area contributed by atoms with Crippen molar-refractivity contribution in [2.45, 2.75) is 36.9 Å². The lowest BCUT2D eigenvalue weighted by atomic mass is 10.1. The third-order valence-electron chi connectivity index (χ3n) is 3.30. The van der Waals surface area contributed by atoms with Crippen LogP contribution in [0.4, 0.5) is 13.2 Å². The highest BCUT2D eigenvalue weighted by Gasteiger charge is 2.29. The number of carbonyl (C=O) groups is 1. The Morgan fingerprint density at radius 3 is 2.62 bits per heavy atom. The van der Waals surface area contributed by atoms with Gasteiger partial charge in [0, 0.05) is 12.1 Å². The van der Waals surface area contributed by atoms with Crippen molar-refractivity contribution in [1.29, 1.82) is 0 Å². The molecule has 0 aliphatic heterocycles. The van der Waals surface area contributed by atoms with Crippen molar-refractivity contribution in [3.8, 4) is 0 Å². The molecule has 1 atom stereocenters. The number of nitrogens with one attached hydrogen (secondary N) is 2. The maximum Gasteiger partial charge on any atom is 0.405 e. The predicted octanol–water partition coefficient (Wildman–Crippen LogP) is 3.47. The summed E-state index contributed by atoms with van der Waals surface area (Å²) in [6.07, 6.45) is -3.76. The van der Waals surface area contributed by atoms with Crippen LogP contribution < -0.4 is 5.32 Å². The van der Waals surface area contributed by atoms with Crippen LogP contribution in [0.1, 0.15) is 23.9 Å². The Bertz CT molecular complexity index is 686. The van der Waals surface area contributed by atoms with Gasteiger partial charge in [-0.1, -0.05) is 42.1 Å². The number of amides is 1. The molecule has 2 aromatic rings. The standard InChI is InChI=1S/C16H18F3N3OS/c1-10-13(8-12-6-4-3-5-7-12)22-15(21-10)24-11(2)14(23)20-9-16(17,18)19/h3-7,11H,8-9H2,1-2H3,(H,20,23)(H,21,22). The normalized spacial score (nSPS) is 12.9. The first-order valence-electron chi connectivity index (χ1n) is 7.35. The number of carbonyl (C=O) groups excluding carboxylic acids is 1. The second-order valence-electron chi connectivity index (χ2n) is 5.37. The number of aromatic amines is 1. The Morgan fingerprint density at radius 1 is 1.33 bits per heavy atom. The van der Waals surface area contributed by atoms with E-state index in [1.165, 1.54) is 0 Å². The Hall–Kier alpha value is -1.96. The van der Waals surface area contributed by atoms with Crippen LogP contribution in [0.2, 0.25) is 0 Å². The van der Waals surface area contributed by atoms with E-state index in [2.05, 4.69) is 9.97 Å².